The first-order valence-corrected chi connectivity index (χ1v) is 7.12. The average Bonchev–Trinajstić information content (AvgIpc) is 2.28. The Morgan fingerprint density at radius 1 is 1.31 bits per heavy atom. The topological polar surface area (TPSA) is 72.5 Å². The number of methoxy groups -OCH3 is 1. The SMILES string of the molecule is CCNS(=O)(=O)C1CCC(C(=O)OC)CC1. The van der Waals surface area contributed by atoms with Crippen molar-refractivity contribution >= 4 is 16.0 Å². The summed E-state index contributed by atoms with van der Waals surface area (Å²) in [6, 6.07) is 0. The summed E-state index contributed by atoms with van der Waals surface area (Å²) in [5, 5.41) is -0.353. The standard InChI is InChI=1S/C10H19NO4S/c1-3-11-16(13,14)9-6-4-8(5-7-9)10(12)15-2/h8-9,11H,3-7H2,1-2H3. The van der Waals surface area contributed by atoms with Crippen molar-refractivity contribution in [3.8, 4) is 0 Å². The summed E-state index contributed by atoms with van der Waals surface area (Å²) in [7, 11) is -1.83. The van der Waals surface area contributed by atoms with E-state index >= 15 is 0 Å². The van der Waals surface area contributed by atoms with Crippen LogP contribution in [0, 0.1) is 5.92 Å². The van der Waals surface area contributed by atoms with Crippen LogP contribution in [-0.4, -0.2) is 33.3 Å². The van der Waals surface area contributed by atoms with Gasteiger partial charge in [-0.1, -0.05) is 6.92 Å². The van der Waals surface area contributed by atoms with E-state index < -0.39 is 10.0 Å². The molecule has 1 saturated carbocycles. The number of sulfonamides is 1. The van der Waals surface area contributed by atoms with Gasteiger partial charge in [-0.05, 0) is 25.7 Å². The number of hydrogen-bond acceptors (Lipinski definition) is 4. The minimum atomic E-state index is -3.19. The van der Waals surface area contributed by atoms with Crippen LogP contribution >= 0.6 is 0 Å². The Balaban J connectivity index is 2.52. The smallest absolute Gasteiger partial charge is 0.308 e. The highest BCUT2D eigenvalue weighted by Crippen LogP contribution is 2.28. The van der Waals surface area contributed by atoms with Crippen molar-refractivity contribution in [3.63, 3.8) is 0 Å². The monoisotopic (exact) mass is 249 g/mol. The van der Waals surface area contributed by atoms with Gasteiger partial charge < -0.3 is 4.74 Å². The number of carbonyl (C=O) groups is 1. The van der Waals surface area contributed by atoms with Gasteiger partial charge in [-0.25, -0.2) is 13.1 Å². The first-order valence-electron chi connectivity index (χ1n) is 5.57. The maximum absolute atomic E-state index is 11.7. The van der Waals surface area contributed by atoms with Crippen LogP contribution in [0.3, 0.4) is 0 Å². The summed E-state index contributed by atoms with van der Waals surface area (Å²) in [5.41, 5.74) is 0. The number of hydrogen-bond donors (Lipinski definition) is 1. The molecule has 0 aliphatic heterocycles. The van der Waals surface area contributed by atoms with Gasteiger partial charge in [-0.2, -0.15) is 0 Å². The third kappa shape index (κ3) is 3.18. The van der Waals surface area contributed by atoms with Crippen molar-refractivity contribution in [3.05, 3.63) is 0 Å². The molecule has 0 amide bonds. The van der Waals surface area contributed by atoms with Crippen LogP contribution in [0.4, 0.5) is 0 Å². The summed E-state index contributed by atoms with van der Waals surface area (Å²) in [6.07, 6.45) is 2.27. The second-order valence-electron chi connectivity index (χ2n) is 4.04. The van der Waals surface area contributed by atoms with Crippen LogP contribution in [-0.2, 0) is 19.6 Å². The zero-order valence-corrected chi connectivity index (χ0v) is 10.5. The summed E-state index contributed by atoms with van der Waals surface area (Å²) < 4.78 is 30.6. The molecule has 0 spiro atoms. The number of carbonyl (C=O) groups excluding carboxylic acids is 1. The van der Waals surface area contributed by atoms with E-state index in [1.54, 1.807) is 6.92 Å². The Morgan fingerprint density at radius 2 is 1.88 bits per heavy atom. The lowest BCUT2D eigenvalue weighted by atomic mass is 9.89. The Morgan fingerprint density at radius 3 is 2.31 bits per heavy atom. The fraction of sp³-hybridized carbons (Fsp3) is 0.900. The zero-order valence-electron chi connectivity index (χ0n) is 9.73. The Labute approximate surface area is 96.6 Å². The fourth-order valence-corrected chi connectivity index (χ4v) is 3.63. The second-order valence-corrected chi connectivity index (χ2v) is 6.09. The van der Waals surface area contributed by atoms with Gasteiger partial charge in [0.2, 0.25) is 10.0 Å². The quantitative estimate of drug-likeness (QED) is 0.743. The van der Waals surface area contributed by atoms with E-state index in [0.717, 1.165) is 0 Å². The number of nitrogens with one attached hydrogen (secondary N) is 1. The molecule has 0 radical (unpaired) electrons. The minimum Gasteiger partial charge on any atom is -0.469 e. The molecule has 0 saturated heterocycles. The second kappa shape index (κ2) is 5.63. The zero-order chi connectivity index (χ0) is 12.2. The fourth-order valence-electron chi connectivity index (χ4n) is 2.09. The molecule has 1 fully saturated rings. The van der Waals surface area contributed by atoms with Crippen LogP contribution in [0.1, 0.15) is 32.6 Å². The molecular formula is C10H19NO4S. The Kier molecular flexibility index (Phi) is 4.73. The summed E-state index contributed by atoms with van der Waals surface area (Å²) >= 11 is 0. The van der Waals surface area contributed by atoms with Gasteiger partial charge in [-0.15, -0.1) is 0 Å². The van der Waals surface area contributed by atoms with E-state index in [1.165, 1.54) is 7.11 Å². The van der Waals surface area contributed by atoms with E-state index in [2.05, 4.69) is 9.46 Å². The van der Waals surface area contributed by atoms with E-state index in [9.17, 15) is 13.2 Å². The average molecular weight is 249 g/mol. The first kappa shape index (κ1) is 13.4. The molecule has 0 aromatic heterocycles. The molecule has 0 atom stereocenters. The van der Waals surface area contributed by atoms with Gasteiger partial charge in [-0.3, -0.25) is 4.79 Å². The van der Waals surface area contributed by atoms with E-state index in [4.69, 9.17) is 0 Å². The van der Waals surface area contributed by atoms with Crippen LogP contribution in [0.25, 0.3) is 0 Å². The highest BCUT2D eigenvalue weighted by Gasteiger charge is 2.33. The highest BCUT2D eigenvalue weighted by atomic mass is 32.2. The predicted molar refractivity (Wildman–Crippen MR) is 60.4 cm³/mol. The van der Waals surface area contributed by atoms with E-state index in [0.29, 0.717) is 32.2 Å². The van der Waals surface area contributed by atoms with E-state index in [1.807, 2.05) is 0 Å². The molecule has 0 unspecified atom stereocenters. The molecule has 1 N–H and O–H groups in total. The minimum absolute atomic E-state index is 0.127. The molecule has 0 bridgehead atoms. The maximum Gasteiger partial charge on any atom is 0.308 e. The number of rotatable bonds is 4. The Bertz CT molecular complexity index is 331. The molecule has 5 nitrogen and oxygen atoms in total. The molecular weight excluding hydrogens is 230 g/mol. The lowest BCUT2D eigenvalue weighted by Gasteiger charge is -2.26. The summed E-state index contributed by atoms with van der Waals surface area (Å²) in [6.45, 7) is 2.18. The van der Waals surface area contributed by atoms with Crippen LogP contribution in [0.2, 0.25) is 0 Å². The molecule has 0 aromatic rings. The van der Waals surface area contributed by atoms with Crippen LogP contribution < -0.4 is 4.72 Å². The molecule has 0 aromatic carbocycles. The van der Waals surface area contributed by atoms with Gasteiger partial charge in [0, 0.05) is 6.54 Å². The predicted octanol–water partition coefficient (Wildman–Crippen LogP) is 0.657. The van der Waals surface area contributed by atoms with E-state index in [-0.39, 0.29) is 17.1 Å². The van der Waals surface area contributed by atoms with Crippen molar-refractivity contribution in [1.29, 1.82) is 0 Å². The third-order valence-electron chi connectivity index (χ3n) is 2.99. The molecule has 94 valence electrons. The lowest BCUT2D eigenvalue weighted by molar-refractivity contribution is -0.146. The van der Waals surface area contributed by atoms with Crippen LogP contribution in [0.5, 0.6) is 0 Å². The van der Waals surface area contributed by atoms with Crippen molar-refractivity contribution < 1.29 is 17.9 Å². The molecule has 1 aliphatic carbocycles. The molecule has 16 heavy (non-hydrogen) atoms. The first-order chi connectivity index (χ1) is 7.51. The lowest BCUT2D eigenvalue weighted by Crippen LogP contribution is -2.37. The summed E-state index contributed by atoms with van der Waals surface area (Å²) in [4.78, 5) is 11.3. The largest absolute Gasteiger partial charge is 0.469 e. The molecule has 1 rings (SSSR count). The maximum atomic E-state index is 11.7. The van der Waals surface area contributed by atoms with Crippen molar-refractivity contribution in [2.45, 2.75) is 37.9 Å². The van der Waals surface area contributed by atoms with Gasteiger partial charge in [0.1, 0.15) is 0 Å². The summed E-state index contributed by atoms with van der Waals surface area (Å²) in [5.74, 6) is -0.350. The van der Waals surface area contributed by atoms with Gasteiger partial charge in [0.15, 0.2) is 0 Å². The van der Waals surface area contributed by atoms with Crippen molar-refractivity contribution in [2.24, 2.45) is 5.92 Å². The number of ether oxygens (including phenoxy) is 1. The number of esters is 1. The van der Waals surface area contributed by atoms with Gasteiger partial charge in [0.05, 0.1) is 18.3 Å². The normalized spacial score (nSPS) is 26.4. The van der Waals surface area contributed by atoms with Gasteiger partial charge >= 0.3 is 5.97 Å². The van der Waals surface area contributed by atoms with Crippen molar-refractivity contribution in [1.82, 2.24) is 4.72 Å². The van der Waals surface area contributed by atoms with Gasteiger partial charge in [0.25, 0.3) is 0 Å². The van der Waals surface area contributed by atoms with Crippen LogP contribution in [0.15, 0.2) is 0 Å². The third-order valence-corrected chi connectivity index (χ3v) is 5.03. The molecule has 0 heterocycles. The molecule has 6 heteroatoms. The highest BCUT2D eigenvalue weighted by molar-refractivity contribution is 7.90. The Hall–Kier alpha value is -0.620. The molecule has 1 aliphatic rings. The van der Waals surface area contributed by atoms with Crippen molar-refractivity contribution in [2.75, 3.05) is 13.7 Å².